The molecule has 1 N–H and O–H groups in total. The minimum atomic E-state index is -1.04. The third kappa shape index (κ3) is 2.14. The number of aromatic carboxylic acids is 1. The number of hydrogen-bond acceptors (Lipinski definition) is 4. The van der Waals surface area contributed by atoms with E-state index in [-0.39, 0.29) is 5.56 Å². The van der Waals surface area contributed by atoms with Crippen LogP contribution in [0.15, 0.2) is 17.5 Å². The van der Waals surface area contributed by atoms with Gasteiger partial charge in [0.25, 0.3) is 0 Å². The molecule has 0 fully saturated rings. The first-order valence-electron chi connectivity index (χ1n) is 4.92. The lowest BCUT2D eigenvalue weighted by Crippen LogP contribution is -2.04. The van der Waals surface area contributed by atoms with E-state index in [0.29, 0.717) is 5.75 Å². The predicted octanol–water partition coefficient (Wildman–Crippen LogP) is 2.83. The largest absolute Gasteiger partial charge is 0.478 e. The summed E-state index contributed by atoms with van der Waals surface area (Å²) in [6, 6.07) is 2.97. The molecule has 1 aromatic carbocycles. The highest BCUT2D eigenvalue weighted by Gasteiger charge is 2.14. The normalized spacial score (nSPS) is 10.5. The van der Waals surface area contributed by atoms with Crippen LogP contribution in [-0.2, 0) is 4.79 Å². The standard InChI is InChI=1S/C12H10O4S/c1-6-5-17-10-4-8(12(14)15)3-9(11(6)10)16-7(2)13/h3-5H,1-2H3,(H,14,15). The molecule has 1 heterocycles. The van der Waals surface area contributed by atoms with E-state index in [0.717, 1.165) is 15.6 Å². The molecule has 5 heteroatoms. The molecule has 0 bridgehead atoms. The summed E-state index contributed by atoms with van der Waals surface area (Å²) in [6.07, 6.45) is 0. The number of thiophene rings is 1. The van der Waals surface area contributed by atoms with Gasteiger partial charge in [-0.05, 0) is 30.0 Å². The highest BCUT2D eigenvalue weighted by molar-refractivity contribution is 7.17. The van der Waals surface area contributed by atoms with Crippen LogP contribution in [0.4, 0.5) is 0 Å². The summed E-state index contributed by atoms with van der Waals surface area (Å²) >= 11 is 1.43. The van der Waals surface area contributed by atoms with Crippen LogP contribution in [-0.4, -0.2) is 17.0 Å². The number of carbonyl (C=O) groups excluding carboxylic acids is 1. The van der Waals surface area contributed by atoms with Gasteiger partial charge < -0.3 is 9.84 Å². The Balaban J connectivity index is 2.71. The minimum absolute atomic E-state index is 0.121. The summed E-state index contributed by atoms with van der Waals surface area (Å²) in [5, 5.41) is 11.7. The topological polar surface area (TPSA) is 63.6 Å². The highest BCUT2D eigenvalue weighted by atomic mass is 32.1. The molecule has 1 aromatic heterocycles. The van der Waals surface area contributed by atoms with E-state index in [1.165, 1.54) is 24.3 Å². The first-order chi connectivity index (χ1) is 7.99. The molecule has 17 heavy (non-hydrogen) atoms. The van der Waals surface area contributed by atoms with Crippen LogP contribution in [0.5, 0.6) is 5.75 Å². The predicted molar refractivity (Wildman–Crippen MR) is 64.8 cm³/mol. The van der Waals surface area contributed by atoms with Crippen LogP contribution >= 0.6 is 11.3 Å². The van der Waals surface area contributed by atoms with E-state index in [4.69, 9.17) is 9.84 Å². The second-order valence-corrected chi connectivity index (χ2v) is 4.58. The Hall–Kier alpha value is -1.88. The van der Waals surface area contributed by atoms with E-state index >= 15 is 0 Å². The number of ether oxygens (including phenoxy) is 1. The molecule has 0 spiro atoms. The zero-order chi connectivity index (χ0) is 12.6. The van der Waals surface area contributed by atoms with Crippen molar-refractivity contribution < 1.29 is 19.4 Å². The molecule has 88 valence electrons. The van der Waals surface area contributed by atoms with Gasteiger partial charge in [0.15, 0.2) is 0 Å². The van der Waals surface area contributed by atoms with Crippen LogP contribution in [0.25, 0.3) is 10.1 Å². The van der Waals surface area contributed by atoms with Crippen LogP contribution in [0.1, 0.15) is 22.8 Å². The van der Waals surface area contributed by atoms with Crippen molar-refractivity contribution in [2.75, 3.05) is 0 Å². The maximum absolute atomic E-state index is 11.0. The monoisotopic (exact) mass is 250 g/mol. The molecule has 2 rings (SSSR count). The Bertz CT molecular complexity index is 612. The Morgan fingerprint density at radius 1 is 1.35 bits per heavy atom. The molecule has 2 aromatic rings. The summed E-state index contributed by atoms with van der Waals surface area (Å²) in [4.78, 5) is 22.0. The van der Waals surface area contributed by atoms with Gasteiger partial charge in [-0.25, -0.2) is 4.79 Å². The van der Waals surface area contributed by atoms with Gasteiger partial charge in [-0.3, -0.25) is 4.79 Å². The van der Waals surface area contributed by atoms with Crippen molar-refractivity contribution in [3.05, 3.63) is 28.6 Å². The number of carbonyl (C=O) groups is 2. The quantitative estimate of drug-likeness (QED) is 0.657. The van der Waals surface area contributed by atoms with E-state index in [2.05, 4.69) is 0 Å². The molecule has 0 unspecified atom stereocenters. The summed E-state index contributed by atoms with van der Waals surface area (Å²) in [7, 11) is 0. The van der Waals surface area contributed by atoms with Gasteiger partial charge in [0.2, 0.25) is 0 Å². The SMILES string of the molecule is CC(=O)Oc1cc(C(=O)O)cc2scc(C)c12. The number of carboxylic acids is 1. The molecule has 0 aliphatic heterocycles. The fraction of sp³-hybridized carbons (Fsp3) is 0.167. The van der Waals surface area contributed by atoms with Gasteiger partial charge >= 0.3 is 11.9 Å². The lowest BCUT2D eigenvalue weighted by molar-refractivity contribution is -0.131. The number of esters is 1. The molecule has 0 aliphatic rings. The average Bonchev–Trinajstić information content (AvgIpc) is 2.59. The number of aryl methyl sites for hydroxylation is 1. The number of carboxylic acid groups (broad SMARTS) is 1. The first kappa shape index (κ1) is 11.6. The smallest absolute Gasteiger partial charge is 0.335 e. The average molecular weight is 250 g/mol. The highest BCUT2D eigenvalue weighted by Crippen LogP contribution is 2.35. The van der Waals surface area contributed by atoms with Crippen LogP contribution in [0, 0.1) is 6.92 Å². The summed E-state index contributed by atoms with van der Waals surface area (Å²) in [5.41, 5.74) is 1.09. The number of benzene rings is 1. The zero-order valence-corrected chi connectivity index (χ0v) is 10.1. The maximum atomic E-state index is 11.0. The molecular weight excluding hydrogens is 240 g/mol. The van der Waals surface area contributed by atoms with Gasteiger partial charge in [0.1, 0.15) is 5.75 Å². The third-order valence-corrected chi connectivity index (χ3v) is 3.37. The summed E-state index contributed by atoms with van der Waals surface area (Å²) < 4.78 is 5.87. The van der Waals surface area contributed by atoms with Crippen LogP contribution in [0.2, 0.25) is 0 Å². The molecule has 0 saturated carbocycles. The van der Waals surface area contributed by atoms with Crippen molar-refractivity contribution in [3.8, 4) is 5.75 Å². The fourth-order valence-electron chi connectivity index (χ4n) is 1.64. The van der Waals surface area contributed by atoms with Crippen LogP contribution < -0.4 is 4.74 Å². The minimum Gasteiger partial charge on any atom is -0.478 e. The van der Waals surface area contributed by atoms with E-state index in [9.17, 15) is 9.59 Å². The number of rotatable bonds is 2. The molecule has 0 atom stereocenters. The molecule has 0 aliphatic carbocycles. The molecule has 0 amide bonds. The van der Waals surface area contributed by atoms with E-state index < -0.39 is 11.9 Å². The van der Waals surface area contributed by atoms with Crippen LogP contribution in [0.3, 0.4) is 0 Å². The Morgan fingerprint density at radius 2 is 2.06 bits per heavy atom. The van der Waals surface area contributed by atoms with Crippen molar-refractivity contribution >= 4 is 33.4 Å². The fourth-order valence-corrected chi connectivity index (χ4v) is 2.64. The van der Waals surface area contributed by atoms with Crippen molar-refractivity contribution in [1.29, 1.82) is 0 Å². The van der Waals surface area contributed by atoms with Gasteiger partial charge in [-0.1, -0.05) is 0 Å². The summed E-state index contributed by atoms with van der Waals surface area (Å²) in [5.74, 6) is -1.18. The van der Waals surface area contributed by atoms with Gasteiger partial charge in [-0.15, -0.1) is 11.3 Å². The number of hydrogen-bond donors (Lipinski definition) is 1. The Morgan fingerprint density at radius 3 is 2.65 bits per heavy atom. The van der Waals surface area contributed by atoms with E-state index in [1.54, 1.807) is 6.07 Å². The van der Waals surface area contributed by atoms with Gasteiger partial charge in [0, 0.05) is 17.0 Å². The van der Waals surface area contributed by atoms with E-state index in [1.807, 2.05) is 12.3 Å². The lowest BCUT2D eigenvalue weighted by atomic mass is 10.1. The Kier molecular flexibility index (Phi) is 2.85. The maximum Gasteiger partial charge on any atom is 0.335 e. The van der Waals surface area contributed by atoms with Crippen molar-refractivity contribution in [1.82, 2.24) is 0 Å². The summed E-state index contributed by atoms with van der Waals surface area (Å²) in [6.45, 7) is 3.19. The van der Waals surface area contributed by atoms with Crippen molar-refractivity contribution in [2.24, 2.45) is 0 Å². The molecule has 4 nitrogen and oxygen atoms in total. The lowest BCUT2D eigenvalue weighted by Gasteiger charge is -2.05. The Labute approximate surface area is 101 Å². The molecular formula is C12H10O4S. The molecule has 0 radical (unpaired) electrons. The third-order valence-electron chi connectivity index (χ3n) is 2.32. The van der Waals surface area contributed by atoms with Gasteiger partial charge in [-0.2, -0.15) is 0 Å². The second kappa shape index (κ2) is 4.18. The van der Waals surface area contributed by atoms with Crippen molar-refractivity contribution in [3.63, 3.8) is 0 Å². The first-order valence-corrected chi connectivity index (χ1v) is 5.80. The zero-order valence-electron chi connectivity index (χ0n) is 9.31. The molecule has 0 saturated heterocycles. The van der Waals surface area contributed by atoms with Gasteiger partial charge in [0.05, 0.1) is 5.56 Å². The number of fused-ring (bicyclic) bond motifs is 1. The second-order valence-electron chi connectivity index (χ2n) is 3.67. The van der Waals surface area contributed by atoms with Crippen molar-refractivity contribution in [2.45, 2.75) is 13.8 Å².